The minimum atomic E-state index is -0.593. The van der Waals surface area contributed by atoms with E-state index in [2.05, 4.69) is 25.2 Å². The maximum atomic E-state index is 12.1. The third-order valence-corrected chi connectivity index (χ3v) is 3.95. The lowest BCUT2D eigenvalue weighted by Gasteiger charge is -2.16. The Balaban J connectivity index is 1.76. The largest absolute Gasteiger partial charge is 0.491 e. The highest BCUT2D eigenvalue weighted by molar-refractivity contribution is 6.30. The fourth-order valence-electron chi connectivity index (χ4n) is 2.34. The molecule has 0 heterocycles. The van der Waals surface area contributed by atoms with E-state index in [1.165, 1.54) is 0 Å². The Morgan fingerprint density at radius 3 is 2.44 bits per heavy atom. The summed E-state index contributed by atoms with van der Waals surface area (Å²) in [7, 11) is 0. The average molecular weight is 362 g/mol. The van der Waals surface area contributed by atoms with Crippen molar-refractivity contribution in [2.24, 2.45) is 0 Å². The SMILES string of the molecule is CC(C)c1ccccc1OCCNC(=O)[C@@H](C)Oc1ccc(Cl)cc1. The molecule has 25 heavy (non-hydrogen) atoms. The second-order valence-electron chi connectivity index (χ2n) is 6.05. The fraction of sp³-hybridized carbons (Fsp3) is 0.350. The minimum Gasteiger partial charge on any atom is -0.491 e. The molecule has 0 unspecified atom stereocenters. The Bertz CT molecular complexity index is 686. The average Bonchev–Trinajstić information content (AvgIpc) is 2.60. The lowest BCUT2D eigenvalue weighted by molar-refractivity contribution is -0.127. The van der Waals surface area contributed by atoms with Crippen molar-refractivity contribution in [3.8, 4) is 11.5 Å². The maximum Gasteiger partial charge on any atom is 0.260 e. The normalized spacial score (nSPS) is 11.9. The molecule has 0 aliphatic carbocycles. The van der Waals surface area contributed by atoms with Gasteiger partial charge in [0.25, 0.3) is 5.91 Å². The van der Waals surface area contributed by atoms with E-state index in [1.807, 2.05) is 18.2 Å². The van der Waals surface area contributed by atoms with Crippen LogP contribution >= 0.6 is 11.6 Å². The first-order valence-electron chi connectivity index (χ1n) is 8.39. The molecule has 5 heteroatoms. The summed E-state index contributed by atoms with van der Waals surface area (Å²) in [4.78, 5) is 12.1. The molecule has 134 valence electrons. The summed E-state index contributed by atoms with van der Waals surface area (Å²) in [5.41, 5.74) is 1.16. The molecule has 2 rings (SSSR count). The second kappa shape index (κ2) is 9.33. The summed E-state index contributed by atoms with van der Waals surface area (Å²) in [6.07, 6.45) is -0.593. The molecule has 0 aliphatic heterocycles. The van der Waals surface area contributed by atoms with Crippen LogP contribution in [-0.4, -0.2) is 25.2 Å². The van der Waals surface area contributed by atoms with Crippen LogP contribution < -0.4 is 14.8 Å². The number of para-hydroxylation sites is 1. The van der Waals surface area contributed by atoms with Crippen molar-refractivity contribution < 1.29 is 14.3 Å². The van der Waals surface area contributed by atoms with Crippen LogP contribution in [0.25, 0.3) is 0 Å². The molecule has 0 saturated heterocycles. The quantitative estimate of drug-likeness (QED) is 0.708. The van der Waals surface area contributed by atoms with Crippen LogP contribution in [0, 0.1) is 0 Å². The van der Waals surface area contributed by atoms with E-state index >= 15 is 0 Å². The standard InChI is InChI=1S/C20H24ClNO3/c1-14(2)18-6-4-5-7-19(18)24-13-12-22-20(23)15(3)25-17-10-8-16(21)9-11-17/h4-11,14-15H,12-13H2,1-3H3,(H,22,23)/t15-/m1/s1. The van der Waals surface area contributed by atoms with Gasteiger partial charge in [0, 0.05) is 5.02 Å². The predicted molar refractivity (Wildman–Crippen MR) is 101 cm³/mol. The third-order valence-electron chi connectivity index (χ3n) is 3.70. The van der Waals surface area contributed by atoms with Crippen molar-refractivity contribution in [1.29, 1.82) is 0 Å². The van der Waals surface area contributed by atoms with Crippen LogP contribution in [0.4, 0.5) is 0 Å². The predicted octanol–water partition coefficient (Wildman–Crippen LogP) is 4.43. The Morgan fingerprint density at radius 1 is 1.08 bits per heavy atom. The number of rotatable bonds is 8. The molecular formula is C20H24ClNO3. The van der Waals surface area contributed by atoms with Crippen molar-refractivity contribution in [2.45, 2.75) is 32.8 Å². The van der Waals surface area contributed by atoms with Gasteiger partial charge in [0.2, 0.25) is 0 Å². The van der Waals surface area contributed by atoms with Gasteiger partial charge in [-0.25, -0.2) is 0 Å². The lowest BCUT2D eigenvalue weighted by atomic mass is 10.0. The van der Waals surface area contributed by atoms with Gasteiger partial charge >= 0.3 is 0 Å². The van der Waals surface area contributed by atoms with Gasteiger partial charge in [-0.2, -0.15) is 0 Å². The van der Waals surface area contributed by atoms with Gasteiger partial charge in [-0.15, -0.1) is 0 Å². The van der Waals surface area contributed by atoms with Crippen LogP contribution in [0.2, 0.25) is 5.02 Å². The smallest absolute Gasteiger partial charge is 0.260 e. The van der Waals surface area contributed by atoms with Gasteiger partial charge in [0.05, 0.1) is 6.54 Å². The van der Waals surface area contributed by atoms with E-state index in [-0.39, 0.29) is 5.91 Å². The van der Waals surface area contributed by atoms with Crippen LogP contribution in [0.5, 0.6) is 11.5 Å². The lowest BCUT2D eigenvalue weighted by Crippen LogP contribution is -2.38. The first kappa shape index (κ1) is 19.1. The second-order valence-corrected chi connectivity index (χ2v) is 6.48. The number of benzene rings is 2. The van der Waals surface area contributed by atoms with E-state index in [9.17, 15) is 4.79 Å². The number of ether oxygens (including phenoxy) is 2. The maximum absolute atomic E-state index is 12.1. The highest BCUT2D eigenvalue weighted by atomic mass is 35.5. The molecule has 1 atom stereocenters. The minimum absolute atomic E-state index is 0.185. The van der Waals surface area contributed by atoms with Gasteiger partial charge in [-0.05, 0) is 48.7 Å². The first-order chi connectivity index (χ1) is 12.0. The van der Waals surface area contributed by atoms with Crippen molar-refractivity contribution >= 4 is 17.5 Å². The summed E-state index contributed by atoms with van der Waals surface area (Å²) in [5, 5.41) is 3.45. The molecule has 0 fully saturated rings. The third kappa shape index (κ3) is 5.98. The Labute approximate surface area is 154 Å². The van der Waals surface area contributed by atoms with Gasteiger partial charge in [-0.1, -0.05) is 43.6 Å². The molecular weight excluding hydrogens is 338 g/mol. The van der Waals surface area contributed by atoms with E-state index in [1.54, 1.807) is 31.2 Å². The highest BCUT2D eigenvalue weighted by Gasteiger charge is 2.14. The van der Waals surface area contributed by atoms with Crippen molar-refractivity contribution in [1.82, 2.24) is 5.32 Å². The van der Waals surface area contributed by atoms with Crippen molar-refractivity contribution in [3.63, 3.8) is 0 Å². The molecule has 2 aromatic rings. The molecule has 2 aromatic carbocycles. The highest BCUT2D eigenvalue weighted by Crippen LogP contribution is 2.25. The van der Waals surface area contributed by atoms with E-state index < -0.39 is 6.10 Å². The zero-order valence-corrected chi connectivity index (χ0v) is 15.5. The summed E-state index contributed by atoms with van der Waals surface area (Å²) < 4.78 is 11.4. The topological polar surface area (TPSA) is 47.6 Å². The van der Waals surface area contributed by atoms with Gasteiger partial charge in [0.15, 0.2) is 6.10 Å². The van der Waals surface area contributed by atoms with E-state index in [4.69, 9.17) is 21.1 Å². The Kier molecular flexibility index (Phi) is 7.14. The molecule has 0 aliphatic rings. The van der Waals surface area contributed by atoms with Crippen LogP contribution in [0.3, 0.4) is 0 Å². The molecule has 1 N–H and O–H groups in total. The number of halogens is 1. The number of carbonyl (C=O) groups excluding carboxylic acids is 1. The zero-order chi connectivity index (χ0) is 18.2. The van der Waals surface area contributed by atoms with E-state index in [0.29, 0.717) is 29.8 Å². The molecule has 0 aromatic heterocycles. The van der Waals surface area contributed by atoms with Crippen LogP contribution in [-0.2, 0) is 4.79 Å². The van der Waals surface area contributed by atoms with Crippen LogP contribution in [0.15, 0.2) is 48.5 Å². The van der Waals surface area contributed by atoms with Crippen molar-refractivity contribution in [2.75, 3.05) is 13.2 Å². The van der Waals surface area contributed by atoms with Gasteiger partial charge in [-0.3, -0.25) is 4.79 Å². The summed E-state index contributed by atoms with van der Waals surface area (Å²) in [6.45, 7) is 6.78. The number of carbonyl (C=O) groups is 1. The zero-order valence-electron chi connectivity index (χ0n) is 14.8. The Morgan fingerprint density at radius 2 is 1.76 bits per heavy atom. The monoisotopic (exact) mass is 361 g/mol. The van der Waals surface area contributed by atoms with Crippen molar-refractivity contribution in [3.05, 3.63) is 59.1 Å². The molecule has 4 nitrogen and oxygen atoms in total. The Hall–Kier alpha value is -2.20. The van der Waals surface area contributed by atoms with Gasteiger partial charge < -0.3 is 14.8 Å². The molecule has 0 saturated carbocycles. The number of amides is 1. The molecule has 1 amide bonds. The number of hydrogen-bond acceptors (Lipinski definition) is 3. The number of nitrogens with one attached hydrogen (secondary N) is 1. The van der Waals surface area contributed by atoms with Crippen LogP contribution in [0.1, 0.15) is 32.3 Å². The molecule has 0 spiro atoms. The first-order valence-corrected chi connectivity index (χ1v) is 8.77. The number of hydrogen-bond donors (Lipinski definition) is 1. The fourth-order valence-corrected chi connectivity index (χ4v) is 2.46. The van der Waals surface area contributed by atoms with E-state index in [0.717, 1.165) is 11.3 Å². The van der Waals surface area contributed by atoms with Gasteiger partial charge in [0.1, 0.15) is 18.1 Å². The molecule has 0 radical (unpaired) electrons. The summed E-state index contributed by atoms with van der Waals surface area (Å²) in [6, 6.07) is 14.9. The summed E-state index contributed by atoms with van der Waals surface area (Å²) in [5.74, 6) is 1.67. The summed E-state index contributed by atoms with van der Waals surface area (Å²) >= 11 is 5.83. The molecule has 0 bridgehead atoms.